The van der Waals surface area contributed by atoms with Gasteiger partial charge in [-0.25, -0.2) is 8.42 Å². The van der Waals surface area contributed by atoms with Gasteiger partial charge in [-0.15, -0.1) is 0 Å². The predicted octanol–water partition coefficient (Wildman–Crippen LogP) is 2.35. The van der Waals surface area contributed by atoms with E-state index in [0.29, 0.717) is 50.6 Å². The fraction of sp³-hybridized carbons (Fsp3) is 0.545. The zero-order chi connectivity index (χ0) is 21.6. The van der Waals surface area contributed by atoms with Crippen molar-refractivity contribution in [1.82, 2.24) is 14.1 Å². The molecule has 2 heterocycles. The van der Waals surface area contributed by atoms with E-state index in [0.717, 1.165) is 31.2 Å². The van der Waals surface area contributed by atoms with Crippen LogP contribution >= 0.6 is 0 Å². The van der Waals surface area contributed by atoms with Gasteiger partial charge < -0.3 is 9.80 Å². The molecule has 3 rings (SSSR count). The molecule has 0 N–H and O–H groups in total. The van der Waals surface area contributed by atoms with Crippen molar-refractivity contribution in [1.29, 1.82) is 0 Å². The highest BCUT2D eigenvalue weighted by molar-refractivity contribution is 7.89. The SMILES string of the molecule is CCC(=O)N1CCN(C(=O)/C=C/c2ccc(S(=O)(=O)N3CCCCCC3)cc2)CC1. The Morgan fingerprint density at radius 1 is 0.867 bits per heavy atom. The number of rotatable bonds is 5. The largest absolute Gasteiger partial charge is 0.339 e. The molecule has 0 aliphatic carbocycles. The zero-order valence-electron chi connectivity index (χ0n) is 17.6. The van der Waals surface area contributed by atoms with E-state index in [2.05, 4.69) is 0 Å². The van der Waals surface area contributed by atoms with Gasteiger partial charge in [0, 0.05) is 51.8 Å². The summed E-state index contributed by atoms with van der Waals surface area (Å²) in [5.41, 5.74) is 0.776. The molecule has 1 aromatic carbocycles. The van der Waals surface area contributed by atoms with Crippen LogP contribution in [-0.2, 0) is 19.6 Å². The van der Waals surface area contributed by atoms with Crippen LogP contribution in [0.3, 0.4) is 0 Å². The Labute approximate surface area is 179 Å². The first kappa shape index (κ1) is 22.5. The van der Waals surface area contributed by atoms with Crippen LogP contribution in [-0.4, -0.2) is 73.6 Å². The van der Waals surface area contributed by atoms with E-state index in [9.17, 15) is 18.0 Å². The van der Waals surface area contributed by atoms with Crippen molar-refractivity contribution in [3.8, 4) is 0 Å². The first-order valence-corrected chi connectivity index (χ1v) is 12.2. The number of nitrogens with zero attached hydrogens (tertiary/aromatic N) is 3. The van der Waals surface area contributed by atoms with E-state index in [-0.39, 0.29) is 11.8 Å². The molecular formula is C22H31N3O4S. The second-order valence-electron chi connectivity index (χ2n) is 7.78. The molecule has 0 saturated carbocycles. The predicted molar refractivity (Wildman–Crippen MR) is 116 cm³/mol. The quantitative estimate of drug-likeness (QED) is 0.668. The van der Waals surface area contributed by atoms with Crippen molar-refractivity contribution in [2.75, 3.05) is 39.3 Å². The standard InChI is InChI=1S/C22H31N3O4S/c1-2-21(26)23-15-17-24(18-16-23)22(27)12-9-19-7-10-20(11-8-19)30(28,29)25-13-5-3-4-6-14-25/h7-12H,2-6,13-18H2,1H3/b12-9+. The first-order chi connectivity index (χ1) is 14.4. The number of hydrogen-bond donors (Lipinski definition) is 0. The Morgan fingerprint density at radius 2 is 1.43 bits per heavy atom. The van der Waals surface area contributed by atoms with Gasteiger partial charge >= 0.3 is 0 Å². The summed E-state index contributed by atoms with van der Waals surface area (Å²) in [6.45, 7) is 5.19. The highest BCUT2D eigenvalue weighted by Gasteiger charge is 2.25. The summed E-state index contributed by atoms with van der Waals surface area (Å²) in [5.74, 6) is 0.0210. The Morgan fingerprint density at radius 3 is 2.00 bits per heavy atom. The molecule has 2 aliphatic rings. The summed E-state index contributed by atoms with van der Waals surface area (Å²) >= 11 is 0. The van der Waals surface area contributed by atoms with Gasteiger partial charge in [-0.05, 0) is 36.6 Å². The number of amides is 2. The third-order valence-corrected chi connectivity index (χ3v) is 7.66. The molecule has 0 spiro atoms. The average molecular weight is 434 g/mol. The van der Waals surface area contributed by atoms with Crippen molar-refractivity contribution in [3.05, 3.63) is 35.9 Å². The van der Waals surface area contributed by atoms with Gasteiger partial charge in [0.25, 0.3) is 0 Å². The van der Waals surface area contributed by atoms with Crippen LogP contribution in [0, 0.1) is 0 Å². The van der Waals surface area contributed by atoms with E-state index >= 15 is 0 Å². The molecule has 2 amide bonds. The zero-order valence-corrected chi connectivity index (χ0v) is 18.4. The summed E-state index contributed by atoms with van der Waals surface area (Å²) in [4.78, 5) is 28.0. The lowest BCUT2D eigenvalue weighted by molar-refractivity contribution is -0.136. The molecule has 2 saturated heterocycles. The fourth-order valence-corrected chi connectivity index (χ4v) is 5.37. The van der Waals surface area contributed by atoms with Gasteiger partial charge in [-0.1, -0.05) is 31.9 Å². The summed E-state index contributed by atoms with van der Waals surface area (Å²) in [6.07, 6.45) is 7.66. The van der Waals surface area contributed by atoms with Gasteiger partial charge in [-0.2, -0.15) is 4.31 Å². The van der Waals surface area contributed by atoms with Gasteiger partial charge in [-0.3, -0.25) is 9.59 Å². The molecule has 2 fully saturated rings. The third kappa shape index (κ3) is 5.49. The molecule has 2 aliphatic heterocycles. The minimum absolute atomic E-state index is 0.0973. The topological polar surface area (TPSA) is 78.0 Å². The lowest BCUT2D eigenvalue weighted by Crippen LogP contribution is -2.50. The van der Waals surface area contributed by atoms with Crippen LogP contribution in [0.4, 0.5) is 0 Å². The summed E-state index contributed by atoms with van der Waals surface area (Å²) in [5, 5.41) is 0. The van der Waals surface area contributed by atoms with Gasteiger partial charge in [0.1, 0.15) is 0 Å². The molecule has 0 atom stereocenters. The molecule has 7 nitrogen and oxygen atoms in total. The minimum Gasteiger partial charge on any atom is -0.339 e. The van der Waals surface area contributed by atoms with E-state index in [1.54, 1.807) is 44.4 Å². The highest BCUT2D eigenvalue weighted by Crippen LogP contribution is 2.21. The van der Waals surface area contributed by atoms with E-state index < -0.39 is 10.0 Å². The molecule has 8 heteroatoms. The number of hydrogen-bond acceptors (Lipinski definition) is 4. The van der Waals surface area contributed by atoms with Crippen LogP contribution in [0.25, 0.3) is 6.08 Å². The number of carbonyl (C=O) groups excluding carboxylic acids is 2. The Bertz CT molecular complexity index is 864. The Balaban J connectivity index is 1.58. The van der Waals surface area contributed by atoms with Crippen LogP contribution in [0.2, 0.25) is 0 Å². The lowest BCUT2D eigenvalue weighted by Gasteiger charge is -2.34. The van der Waals surface area contributed by atoms with Gasteiger partial charge in [0.05, 0.1) is 4.90 Å². The molecular weight excluding hydrogens is 402 g/mol. The van der Waals surface area contributed by atoms with Crippen LogP contribution < -0.4 is 0 Å². The van der Waals surface area contributed by atoms with E-state index in [4.69, 9.17) is 0 Å². The molecule has 1 aromatic rings. The Kier molecular flexibility index (Phi) is 7.66. The molecule has 0 aromatic heterocycles. The monoisotopic (exact) mass is 433 g/mol. The number of piperazine rings is 1. The molecule has 0 unspecified atom stereocenters. The van der Waals surface area contributed by atoms with Crippen molar-refractivity contribution in [3.63, 3.8) is 0 Å². The van der Waals surface area contributed by atoms with Crippen LogP contribution in [0.5, 0.6) is 0 Å². The van der Waals surface area contributed by atoms with E-state index in [1.165, 1.54) is 6.08 Å². The fourth-order valence-electron chi connectivity index (χ4n) is 3.85. The van der Waals surface area contributed by atoms with Crippen molar-refractivity contribution in [2.45, 2.75) is 43.9 Å². The lowest BCUT2D eigenvalue weighted by atomic mass is 10.2. The van der Waals surface area contributed by atoms with Crippen molar-refractivity contribution in [2.24, 2.45) is 0 Å². The molecule has 0 bridgehead atoms. The second-order valence-corrected chi connectivity index (χ2v) is 9.72. The normalized spacial score (nSPS) is 19.1. The summed E-state index contributed by atoms with van der Waals surface area (Å²) in [6, 6.07) is 6.68. The maximum absolute atomic E-state index is 12.8. The summed E-state index contributed by atoms with van der Waals surface area (Å²) < 4.78 is 27.3. The van der Waals surface area contributed by atoms with Gasteiger partial charge in [0.15, 0.2) is 0 Å². The van der Waals surface area contributed by atoms with E-state index in [1.807, 2.05) is 6.92 Å². The number of benzene rings is 1. The van der Waals surface area contributed by atoms with Crippen LogP contribution in [0.15, 0.2) is 35.2 Å². The minimum atomic E-state index is -3.46. The van der Waals surface area contributed by atoms with Gasteiger partial charge in [0.2, 0.25) is 21.8 Å². The molecule has 164 valence electrons. The maximum atomic E-state index is 12.8. The molecule has 0 radical (unpaired) electrons. The highest BCUT2D eigenvalue weighted by atomic mass is 32.2. The average Bonchev–Trinajstić information content (AvgIpc) is 3.07. The molecule has 30 heavy (non-hydrogen) atoms. The second kappa shape index (κ2) is 10.2. The number of sulfonamides is 1. The first-order valence-electron chi connectivity index (χ1n) is 10.8. The summed E-state index contributed by atoms with van der Waals surface area (Å²) in [7, 11) is -3.46. The van der Waals surface area contributed by atoms with Crippen molar-refractivity contribution >= 4 is 27.9 Å². The smallest absolute Gasteiger partial charge is 0.246 e. The van der Waals surface area contributed by atoms with Crippen LogP contribution in [0.1, 0.15) is 44.6 Å². The Hall–Kier alpha value is -2.19. The van der Waals surface area contributed by atoms with Crippen molar-refractivity contribution < 1.29 is 18.0 Å². The maximum Gasteiger partial charge on any atom is 0.246 e. The third-order valence-electron chi connectivity index (χ3n) is 5.75. The number of carbonyl (C=O) groups is 2.